The second-order valence-corrected chi connectivity index (χ2v) is 5.85. The predicted octanol–water partition coefficient (Wildman–Crippen LogP) is 5.13. The van der Waals surface area contributed by atoms with Crippen LogP contribution in [0.5, 0.6) is 0 Å². The van der Waals surface area contributed by atoms with Crippen molar-refractivity contribution >= 4 is 16.5 Å². The van der Waals surface area contributed by atoms with Crippen LogP contribution in [-0.4, -0.2) is 9.49 Å². The third-order valence-electron chi connectivity index (χ3n) is 4.32. The summed E-state index contributed by atoms with van der Waals surface area (Å²) in [5.74, 6) is 0. The van der Waals surface area contributed by atoms with E-state index in [1.54, 1.807) is 6.08 Å². The molecule has 4 rings (SSSR count). The normalized spacial score (nSPS) is 14.1. The molecular formula is C21H16N2O2. The van der Waals surface area contributed by atoms with Gasteiger partial charge in [-0.25, -0.2) is 0 Å². The van der Waals surface area contributed by atoms with Gasteiger partial charge < -0.3 is 4.57 Å². The number of benzene rings is 2. The lowest BCUT2D eigenvalue weighted by molar-refractivity contribution is -0.417. The third kappa shape index (κ3) is 2.68. The minimum Gasteiger partial charge on any atom is -0.309 e. The number of allylic oxidation sites excluding steroid dienone is 5. The molecular weight excluding hydrogens is 312 g/mol. The van der Waals surface area contributed by atoms with Crippen molar-refractivity contribution in [2.45, 2.75) is 6.42 Å². The van der Waals surface area contributed by atoms with Crippen LogP contribution in [0.2, 0.25) is 0 Å². The lowest BCUT2D eigenvalue weighted by atomic mass is 10.1. The highest BCUT2D eigenvalue weighted by molar-refractivity contribution is 5.90. The van der Waals surface area contributed by atoms with Crippen LogP contribution in [0, 0.1) is 10.1 Å². The maximum Gasteiger partial charge on any atom is 0.275 e. The first kappa shape index (κ1) is 15.1. The van der Waals surface area contributed by atoms with Crippen LogP contribution in [0.25, 0.3) is 22.2 Å². The van der Waals surface area contributed by atoms with Crippen molar-refractivity contribution in [3.8, 4) is 5.69 Å². The van der Waals surface area contributed by atoms with E-state index in [-0.39, 0.29) is 10.6 Å². The fourth-order valence-corrected chi connectivity index (χ4v) is 3.22. The summed E-state index contributed by atoms with van der Waals surface area (Å²) < 4.78 is 2.08. The second kappa shape index (κ2) is 6.24. The van der Waals surface area contributed by atoms with Gasteiger partial charge in [0.25, 0.3) is 5.70 Å². The topological polar surface area (TPSA) is 48.1 Å². The summed E-state index contributed by atoms with van der Waals surface area (Å²) in [6.45, 7) is 0. The van der Waals surface area contributed by atoms with Gasteiger partial charge in [0.15, 0.2) is 0 Å². The van der Waals surface area contributed by atoms with Crippen molar-refractivity contribution in [2.24, 2.45) is 0 Å². The number of hydrogen-bond acceptors (Lipinski definition) is 2. The van der Waals surface area contributed by atoms with Gasteiger partial charge in [-0.2, -0.15) is 0 Å². The van der Waals surface area contributed by atoms with Gasteiger partial charge >= 0.3 is 0 Å². The molecule has 0 saturated carbocycles. The van der Waals surface area contributed by atoms with Crippen molar-refractivity contribution in [3.05, 3.63) is 106 Å². The molecule has 1 aliphatic rings. The summed E-state index contributed by atoms with van der Waals surface area (Å²) in [6, 6.07) is 20.0. The molecule has 0 amide bonds. The first-order valence-electron chi connectivity index (χ1n) is 8.14. The minimum atomic E-state index is -0.300. The lowest BCUT2D eigenvalue weighted by Crippen LogP contribution is -2.06. The molecule has 0 spiro atoms. The van der Waals surface area contributed by atoms with E-state index in [0.717, 1.165) is 22.3 Å². The Hall–Kier alpha value is -3.40. The van der Waals surface area contributed by atoms with Gasteiger partial charge in [0.05, 0.1) is 21.7 Å². The molecule has 0 saturated heterocycles. The molecule has 4 nitrogen and oxygen atoms in total. The quantitative estimate of drug-likeness (QED) is 0.494. The number of hydrogen-bond donors (Lipinski definition) is 0. The Morgan fingerprint density at radius 1 is 1.00 bits per heavy atom. The number of rotatable bonds is 3. The molecule has 0 unspecified atom stereocenters. The first-order valence-corrected chi connectivity index (χ1v) is 8.14. The average molecular weight is 328 g/mol. The summed E-state index contributed by atoms with van der Waals surface area (Å²) in [5, 5.41) is 12.7. The van der Waals surface area contributed by atoms with E-state index in [1.807, 2.05) is 78.9 Å². The zero-order valence-electron chi connectivity index (χ0n) is 13.5. The van der Waals surface area contributed by atoms with Crippen LogP contribution >= 0.6 is 0 Å². The van der Waals surface area contributed by atoms with Crippen LogP contribution in [0.1, 0.15) is 12.1 Å². The highest BCUT2D eigenvalue weighted by Gasteiger charge is 2.24. The fourth-order valence-electron chi connectivity index (χ4n) is 3.22. The first-order chi connectivity index (χ1) is 12.3. The molecule has 0 radical (unpaired) electrons. The molecule has 0 bridgehead atoms. The summed E-state index contributed by atoms with van der Waals surface area (Å²) >= 11 is 0. The Morgan fingerprint density at radius 3 is 2.56 bits per heavy atom. The second-order valence-electron chi connectivity index (χ2n) is 5.85. The van der Waals surface area contributed by atoms with Crippen LogP contribution in [0.4, 0.5) is 0 Å². The molecule has 0 N–H and O–H groups in total. The van der Waals surface area contributed by atoms with Gasteiger partial charge in [0, 0.05) is 11.1 Å². The van der Waals surface area contributed by atoms with Crippen molar-refractivity contribution in [1.29, 1.82) is 0 Å². The largest absolute Gasteiger partial charge is 0.309 e. The van der Waals surface area contributed by atoms with Crippen LogP contribution in [0.3, 0.4) is 0 Å². The Labute approximate surface area is 145 Å². The molecule has 3 aromatic rings. The van der Waals surface area contributed by atoms with Gasteiger partial charge in [0.2, 0.25) is 0 Å². The van der Waals surface area contributed by atoms with E-state index in [0.29, 0.717) is 12.0 Å². The molecule has 1 heterocycles. The van der Waals surface area contributed by atoms with E-state index < -0.39 is 0 Å². The lowest BCUT2D eigenvalue weighted by Gasteiger charge is -2.12. The maximum absolute atomic E-state index is 11.6. The van der Waals surface area contributed by atoms with Gasteiger partial charge in [-0.05, 0) is 42.8 Å². The predicted molar refractivity (Wildman–Crippen MR) is 100 cm³/mol. The molecule has 4 heteroatoms. The van der Waals surface area contributed by atoms with Gasteiger partial charge in [-0.15, -0.1) is 0 Å². The van der Waals surface area contributed by atoms with Gasteiger partial charge in [-0.1, -0.05) is 48.6 Å². The Balaban J connectivity index is 2.03. The summed E-state index contributed by atoms with van der Waals surface area (Å²) in [4.78, 5) is 11.3. The minimum absolute atomic E-state index is 0.144. The van der Waals surface area contributed by atoms with E-state index in [9.17, 15) is 10.1 Å². The summed E-state index contributed by atoms with van der Waals surface area (Å²) in [7, 11) is 0. The number of aromatic nitrogens is 1. The van der Waals surface area contributed by atoms with Crippen molar-refractivity contribution in [1.82, 2.24) is 4.57 Å². The van der Waals surface area contributed by atoms with E-state index in [4.69, 9.17) is 0 Å². The van der Waals surface area contributed by atoms with Crippen molar-refractivity contribution in [3.63, 3.8) is 0 Å². The standard InChI is InChI=1S/C21H16N2O2/c24-23(25)20-14-6-2-5-12-18(20)21-15-16-9-7-8-13-19(16)22(21)17-10-3-1-4-11-17/h1-5,7-15H,6H2. The SMILES string of the molecule is O=[N+]([O-])C1=CCC=CC=C1c1cc2ccccc2n1-c1ccccc1. The van der Waals surface area contributed by atoms with E-state index in [2.05, 4.69) is 4.57 Å². The highest BCUT2D eigenvalue weighted by atomic mass is 16.6. The van der Waals surface area contributed by atoms with Crippen LogP contribution < -0.4 is 0 Å². The molecule has 25 heavy (non-hydrogen) atoms. The Bertz CT molecular complexity index is 1040. The highest BCUT2D eigenvalue weighted by Crippen LogP contribution is 2.33. The van der Waals surface area contributed by atoms with Gasteiger partial charge in [0.1, 0.15) is 0 Å². The molecule has 0 atom stereocenters. The molecule has 1 aromatic heterocycles. The average Bonchev–Trinajstić information content (AvgIpc) is 2.84. The van der Waals surface area contributed by atoms with E-state index >= 15 is 0 Å². The zero-order valence-corrected chi connectivity index (χ0v) is 13.5. The zero-order chi connectivity index (χ0) is 17.2. The Kier molecular flexibility index (Phi) is 3.78. The molecule has 0 aliphatic heterocycles. The van der Waals surface area contributed by atoms with Crippen LogP contribution in [0.15, 0.2) is 90.7 Å². The molecule has 2 aromatic carbocycles. The number of nitrogens with zero attached hydrogens (tertiary/aromatic N) is 2. The molecule has 1 aliphatic carbocycles. The maximum atomic E-state index is 11.6. The molecule has 122 valence electrons. The monoisotopic (exact) mass is 328 g/mol. The van der Waals surface area contributed by atoms with Crippen molar-refractivity contribution in [2.75, 3.05) is 0 Å². The number of fused-ring (bicyclic) bond motifs is 1. The number of nitro groups is 1. The summed E-state index contributed by atoms with van der Waals surface area (Å²) in [5.41, 5.74) is 3.60. The van der Waals surface area contributed by atoms with Crippen molar-refractivity contribution < 1.29 is 4.92 Å². The van der Waals surface area contributed by atoms with E-state index in [1.165, 1.54) is 0 Å². The van der Waals surface area contributed by atoms with Gasteiger partial charge in [-0.3, -0.25) is 10.1 Å². The summed E-state index contributed by atoms with van der Waals surface area (Å²) in [6.07, 6.45) is 7.86. The molecule has 0 fully saturated rings. The third-order valence-corrected chi connectivity index (χ3v) is 4.32. The fraction of sp³-hybridized carbons (Fsp3) is 0.0476. The van der Waals surface area contributed by atoms with Crippen LogP contribution in [-0.2, 0) is 0 Å². The Morgan fingerprint density at radius 2 is 1.76 bits per heavy atom. The number of para-hydroxylation sites is 2. The smallest absolute Gasteiger partial charge is 0.275 e.